The van der Waals surface area contributed by atoms with Crippen LogP contribution in [0.4, 0.5) is 5.69 Å². The predicted molar refractivity (Wildman–Crippen MR) is 103 cm³/mol. The Bertz CT molecular complexity index is 896. The van der Waals surface area contributed by atoms with Crippen molar-refractivity contribution in [1.29, 1.82) is 0 Å². The minimum absolute atomic E-state index is 0.00302. The summed E-state index contributed by atoms with van der Waals surface area (Å²) in [7, 11) is -2.13. The van der Waals surface area contributed by atoms with Crippen LogP contribution in [0.15, 0.2) is 53.4 Å². The molecule has 0 radical (unpaired) electrons. The highest BCUT2D eigenvalue weighted by atomic mass is 32.2. The molecule has 2 aromatic carbocycles. The maximum absolute atomic E-state index is 12.7. The van der Waals surface area contributed by atoms with Crippen molar-refractivity contribution < 1.29 is 17.9 Å². The van der Waals surface area contributed by atoms with Crippen LogP contribution >= 0.6 is 0 Å². The molecule has 1 aliphatic rings. The first-order valence-corrected chi connectivity index (χ1v) is 10.2. The number of likely N-dealkylation sites (tertiary alicyclic amines) is 1. The van der Waals surface area contributed by atoms with Gasteiger partial charge in [-0.3, -0.25) is 4.79 Å². The van der Waals surface area contributed by atoms with Gasteiger partial charge in [0.25, 0.3) is 5.91 Å². The number of methoxy groups -OCH3 is 1. The van der Waals surface area contributed by atoms with E-state index in [2.05, 4.69) is 5.32 Å². The summed E-state index contributed by atoms with van der Waals surface area (Å²) in [5, 5.41) is 8.55. The summed E-state index contributed by atoms with van der Waals surface area (Å²) in [5.41, 5.74) is 1.43. The third-order valence-electron chi connectivity index (χ3n) is 4.60. The summed E-state index contributed by atoms with van der Waals surface area (Å²) in [4.78, 5) is 14.5. The average Bonchev–Trinajstić information content (AvgIpc) is 2.68. The number of hydrogen-bond donors (Lipinski definition) is 2. The molecule has 1 amide bonds. The van der Waals surface area contributed by atoms with Gasteiger partial charge >= 0.3 is 0 Å². The van der Waals surface area contributed by atoms with Crippen LogP contribution in [-0.2, 0) is 10.0 Å². The number of piperidine rings is 1. The zero-order chi connectivity index (χ0) is 19.4. The lowest BCUT2D eigenvalue weighted by atomic mass is 10.0. The van der Waals surface area contributed by atoms with E-state index in [4.69, 9.17) is 9.88 Å². The van der Waals surface area contributed by atoms with E-state index in [9.17, 15) is 13.2 Å². The van der Waals surface area contributed by atoms with Gasteiger partial charge in [0.2, 0.25) is 10.0 Å². The number of nitrogens with two attached hydrogens (primary N) is 1. The largest absolute Gasteiger partial charge is 0.497 e. The van der Waals surface area contributed by atoms with Crippen LogP contribution in [0.2, 0.25) is 0 Å². The summed E-state index contributed by atoms with van der Waals surface area (Å²) in [6, 6.07) is 13.6. The SMILES string of the molecule is COc1ccc(N[C@@H]2CCCN(C(=O)c3ccc(S(N)(=O)=O)cc3)C2)cc1. The fourth-order valence-electron chi connectivity index (χ4n) is 3.17. The minimum atomic E-state index is -3.76. The van der Waals surface area contributed by atoms with Crippen LogP contribution in [-0.4, -0.2) is 45.5 Å². The van der Waals surface area contributed by atoms with Gasteiger partial charge in [-0.15, -0.1) is 0 Å². The number of hydrogen-bond acceptors (Lipinski definition) is 5. The van der Waals surface area contributed by atoms with Gasteiger partial charge in [0.05, 0.1) is 12.0 Å². The zero-order valence-corrected chi connectivity index (χ0v) is 15.9. The van der Waals surface area contributed by atoms with Gasteiger partial charge in [-0.05, 0) is 61.4 Å². The molecule has 3 rings (SSSR count). The quantitative estimate of drug-likeness (QED) is 0.815. The van der Waals surface area contributed by atoms with E-state index >= 15 is 0 Å². The highest BCUT2D eigenvalue weighted by Gasteiger charge is 2.24. The molecule has 0 aliphatic carbocycles. The molecule has 0 aromatic heterocycles. The first kappa shape index (κ1) is 19.2. The lowest BCUT2D eigenvalue weighted by Gasteiger charge is -2.33. The number of anilines is 1. The molecule has 144 valence electrons. The smallest absolute Gasteiger partial charge is 0.253 e. The molecule has 1 heterocycles. The monoisotopic (exact) mass is 389 g/mol. The number of carbonyl (C=O) groups is 1. The second-order valence-corrected chi connectivity index (χ2v) is 8.09. The Morgan fingerprint density at radius 2 is 1.81 bits per heavy atom. The topological polar surface area (TPSA) is 102 Å². The Hall–Kier alpha value is -2.58. The molecule has 1 aliphatic heterocycles. The molecule has 8 heteroatoms. The molecule has 0 spiro atoms. The van der Waals surface area contributed by atoms with Gasteiger partial charge in [-0.25, -0.2) is 13.6 Å². The van der Waals surface area contributed by atoms with Gasteiger partial charge in [0.1, 0.15) is 5.75 Å². The molecule has 27 heavy (non-hydrogen) atoms. The number of benzene rings is 2. The van der Waals surface area contributed by atoms with E-state index in [1.165, 1.54) is 24.3 Å². The molecule has 1 saturated heterocycles. The number of amides is 1. The van der Waals surface area contributed by atoms with Crippen molar-refractivity contribution >= 4 is 21.6 Å². The number of primary sulfonamides is 1. The maximum atomic E-state index is 12.7. The number of carbonyl (C=O) groups excluding carboxylic acids is 1. The standard InChI is InChI=1S/C19H23N3O4S/c1-26-17-8-6-15(7-9-17)21-16-3-2-12-22(13-16)19(23)14-4-10-18(11-5-14)27(20,24)25/h4-11,16,21H,2-3,12-13H2,1H3,(H2,20,24,25)/t16-/m1/s1. The Balaban J connectivity index is 1.65. The summed E-state index contributed by atoms with van der Waals surface area (Å²) < 4.78 is 27.8. The van der Waals surface area contributed by atoms with Crippen molar-refractivity contribution in [2.75, 3.05) is 25.5 Å². The first-order chi connectivity index (χ1) is 12.9. The van der Waals surface area contributed by atoms with Gasteiger partial charge < -0.3 is 15.0 Å². The third kappa shape index (κ3) is 4.78. The summed E-state index contributed by atoms with van der Waals surface area (Å²) in [6.45, 7) is 1.26. The van der Waals surface area contributed by atoms with E-state index in [0.29, 0.717) is 18.7 Å². The molecule has 1 fully saturated rings. The van der Waals surface area contributed by atoms with Crippen molar-refractivity contribution in [2.45, 2.75) is 23.8 Å². The van der Waals surface area contributed by atoms with Crippen LogP contribution < -0.4 is 15.2 Å². The van der Waals surface area contributed by atoms with Crippen molar-refractivity contribution in [3.63, 3.8) is 0 Å². The molecule has 0 bridgehead atoms. The molecule has 1 atom stereocenters. The molecule has 0 unspecified atom stereocenters. The van der Waals surface area contributed by atoms with E-state index in [0.717, 1.165) is 24.3 Å². The van der Waals surface area contributed by atoms with E-state index in [1.807, 2.05) is 24.3 Å². The summed E-state index contributed by atoms with van der Waals surface area (Å²) in [5.74, 6) is 0.682. The van der Waals surface area contributed by atoms with Gasteiger partial charge in [0.15, 0.2) is 0 Å². The Labute approximate surface area is 159 Å². The number of rotatable bonds is 5. The summed E-state index contributed by atoms with van der Waals surface area (Å²) in [6.07, 6.45) is 1.87. The van der Waals surface area contributed by atoms with Crippen LogP contribution in [0.3, 0.4) is 0 Å². The van der Waals surface area contributed by atoms with Crippen molar-refractivity contribution in [1.82, 2.24) is 4.90 Å². The zero-order valence-electron chi connectivity index (χ0n) is 15.1. The Morgan fingerprint density at radius 3 is 2.41 bits per heavy atom. The third-order valence-corrected chi connectivity index (χ3v) is 5.53. The lowest BCUT2D eigenvalue weighted by molar-refractivity contribution is 0.0714. The number of nitrogens with zero attached hydrogens (tertiary/aromatic N) is 1. The highest BCUT2D eigenvalue weighted by molar-refractivity contribution is 7.89. The van der Waals surface area contributed by atoms with Crippen molar-refractivity contribution in [2.24, 2.45) is 5.14 Å². The number of nitrogens with one attached hydrogen (secondary N) is 1. The fraction of sp³-hybridized carbons (Fsp3) is 0.316. The second kappa shape index (κ2) is 7.98. The first-order valence-electron chi connectivity index (χ1n) is 8.69. The average molecular weight is 389 g/mol. The van der Waals surface area contributed by atoms with Crippen molar-refractivity contribution in [3.8, 4) is 5.75 Å². The normalized spacial score (nSPS) is 17.4. The molecule has 2 aromatic rings. The van der Waals surface area contributed by atoms with Gasteiger partial charge in [0, 0.05) is 30.4 Å². The Morgan fingerprint density at radius 1 is 1.15 bits per heavy atom. The summed E-state index contributed by atoms with van der Waals surface area (Å²) >= 11 is 0. The van der Waals surface area contributed by atoms with Gasteiger partial charge in [-0.2, -0.15) is 0 Å². The van der Waals surface area contributed by atoms with E-state index in [1.54, 1.807) is 12.0 Å². The maximum Gasteiger partial charge on any atom is 0.253 e. The van der Waals surface area contributed by atoms with E-state index in [-0.39, 0.29) is 16.8 Å². The van der Waals surface area contributed by atoms with Crippen LogP contribution in [0.1, 0.15) is 23.2 Å². The fourth-order valence-corrected chi connectivity index (χ4v) is 3.69. The minimum Gasteiger partial charge on any atom is -0.497 e. The van der Waals surface area contributed by atoms with Crippen LogP contribution in [0, 0.1) is 0 Å². The Kier molecular flexibility index (Phi) is 5.67. The van der Waals surface area contributed by atoms with Crippen LogP contribution in [0.25, 0.3) is 0 Å². The molecular formula is C19H23N3O4S. The van der Waals surface area contributed by atoms with Crippen LogP contribution in [0.5, 0.6) is 5.75 Å². The van der Waals surface area contributed by atoms with E-state index < -0.39 is 10.0 Å². The van der Waals surface area contributed by atoms with Crippen molar-refractivity contribution in [3.05, 3.63) is 54.1 Å². The van der Waals surface area contributed by atoms with Gasteiger partial charge in [-0.1, -0.05) is 0 Å². The second-order valence-electron chi connectivity index (χ2n) is 6.53. The molecular weight excluding hydrogens is 366 g/mol. The highest BCUT2D eigenvalue weighted by Crippen LogP contribution is 2.20. The molecule has 3 N–H and O–H groups in total. The molecule has 0 saturated carbocycles. The predicted octanol–water partition coefficient (Wildman–Crippen LogP) is 2.06. The molecule has 7 nitrogen and oxygen atoms in total. The number of ether oxygens (including phenoxy) is 1. The number of sulfonamides is 1. The lowest BCUT2D eigenvalue weighted by Crippen LogP contribution is -2.45.